The van der Waals surface area contributed by atoms with Crippen molar-refractivity contribution in [2.24, 2.45) is 0 Å². The Morgan fingerprint density at radius 3 is 2.24 bits per heavy atom. The third-order valence-electron chi connectivity index (χ3n) is 6.80. The number of rotatable bonds is 10. The summed E-state index contributed by atoms with van der Waals surface area (Å²) in [5.41, 5.74) is 0.988. The van der Waals surface area contributed by atoms with Gasteiger partial charge < -0.3 is 36.2 Å². The maximum atomic E-state index is 13.5. The quantitative estimate of drug-likeness (QED) is 0.199. The third kappa shape index (κ3) is 10.6. The van der Waals surface area contributed by atoms with E-state index in [9.17, 15) is 47.4 Å². The summed E-state index contributed by atoms with van der Waals surface area (Å²) in [5.74, 6) is -7.98. The monoisotopic (exact) mass is 646 g/mol. The molecule has 2 aromatic rings. The maximum absolute atomic E-state index is 13.5. The number of benzene rings is 2. The molecular formula is C30H32F2N4O10. The second-order valence-electron chi connectivity index (χ2n) is 10.5. The molecule has 2 aliphatic rings. The molecule has 46 heavy (non-hydrogen) atoms. The van der Waals surface area contributed by atoms with Crippen LogP contribution in [0.4, 0.5) is 8.78 Å². The number of carbonyl (C=O) groups is 7. The molecule has 2 aromatic carbocycles. The Labute approximate surface area is 260 Å². The molecule has 0 saturated heterocycles. The zero-order chi connectivity index (χ0) is 34.0. The van der Waals surface area contributed by atoms with Gasteiger partial charge in [0, 0.05) is 32.6 Å². The van der Waals surface area contributed by atoms with Crippen LogP contribution in [0, 0.1) is 0 Å². The predicted molar refractivity (Wildman–Crippen MR) is 154 cm³/mol. The molecule has 4 amide bonds. The van der Waals surface area contributed by atoms with Gasteiger partial charge in [0.25, 0.3) is 5.78 Å². The van der Waals surface area contributed by atoms with Gasteiger partial charge in [-0.05, 0) is 41.8 Å². The lowest BCUT2D eigenvalue weighted by Gasteiger charge is -2.26. The van der Waals surface area contributed by atoms with E-state index in [0.29, 0.717) is 22.6 Å². The summed E-state index contributed by atoms with van der Waals surface area (Å²) in [6, 6.07) is 6.29. The fraction of sp³-hybridized carbons (Fsp3) is 0.367. The molecule has 2 aliphatic heterocycles. The number of nitrogens with one attached hydrogen (secondary N) is 4. The van der Waals surface area contributed by atoms with E-state index in [4.69, 9.17) is 9.84 Å². The van der Waals surface area contributed by atoms with Crippen LogP contribution in [-0.2, 0) is 46.4 Å². The number of ketones is 1. The molecule has 0 aliphatic carbocycles. The molecule has 4 rings (SSSR count). The zero-order valence-electron chi connectivity index (χ0n) is 24.5. The highest BCUT2D eigenvalue weighted by atomic mass is 19.3. The van der Waals surface area contributed by atoms with Crippen LogP contribution in [-0.4, -0.2) is 82.2 Å². The fourth-order valence-corrected chi connectivity index (χ4v) is 4.61. The first-order chi connectivity index (χ1) is 21.7. The molecule has 14 nitrogen and oxygen atoms in total. The summed E-state index contributed by atoms with van der Waals surface area (Å²) in [7, 11) is 0. The first kappa shape index (κ1) is 35.1. The van der Waals surface area contributed by atoms with Crippen LogP contribution in [0.5, 0.6) is 11.5 Å². The number of carbonyl (C=O) groups excluding carboxylic acids is 5. The van der Waals surface area contributed by atoms with Gasteiger partial charge in [-0.1, -0.05) is 24.3 Å². The van der Waals surface area contributed by atoms with Gasteiger partial charge in [0.05, 0.1) is 0 Å². The van der Waals surface area contributed by atoms with E-state index >= 15 is 0 Å². The molecular weight excluding hydrogens is 614 g/mol. The average molecular weight is 647 g/mol. The molecule has 4 atom stereocenters. The SMILES string of the molecule is CC(=O)N[C@H]1Cc2cccc(c2)Oc2ccc(cc2)C[C@@H](C(=O)NC(CC(F)F)C(=O)C(=O)O)NC(=O)[C@H](CCC(=O)O)NC1=O. The number of ether oxygens (including phenoxy) is 1. The van der Waals surface area contributed by atoms with Crippen LogP contribution >= 0.6 is 0 Å². The van der Waals surface area contributed by atoms with E-state index in [1.54, 1.807) is 48.5 Å². The number of Topliss-reactive ketones (excluding diaryl/α,β-unsaturated/α-hetero) is 1. The van der Waals surface area contributed by atoms with Crippen molar-refractivity contribution in [3.05, 3.63) is 59.7 Å². The van der Waals surface area contributed by atoms with Gasteiger partial charge in [0.15, 0.2) is 0 Å². The lowest BCUT2D eigenvalue weighted by atomic mass is 10.0. The molecule has 0 spiro atoms. The highest BCUT2D eigenvalue weighted by Crippen LogP contribution is 2.24. The summed E-state index contributed by atoms with van der Waals surface area (Å²) in [6.45, 7) is 1.17. The van der Waals surface area contributed by atoms with Gasteiger partial charge in [-0.3, -0.25) is 28.8 Å². The Bertz CT molecular complexity index is 1480. The largest absolute Gasteiger partial charge is 0.481 e. The van der Waals surface area contributed by atoms with Crippen molar-refractivity contribution in [3.63, 3.8) is 0 Å². The number of hydrogen-bond acceptors (Lipinski definition) is 8. The number of amides is 4. The van der Waals surface area contributed by atoms with Crippen LogP contribution in [0.15, 0.2) is 48.5 Å². The zero-order valence-corrected chi connectivity index (χ0v) is 24.5. The van der Waals surface area contributed by atoms with Crippen LogP contribution in [0.25, 0.3) is 0 Å². The van der Waals surface area contributed by atoms with Gasteiger partial charge in [-0.2, -0.15) is 0 Å². The van der Waals surface area contributed by atoms with Crippen molar-refractivity contribution >= 4 is 41.4 Å². The predicted octanol–water partition coefficient (Wildman–Crippen LogP) is 0.710. The second-order valence-corrected chi connectivity index (χ2v) is 10.5. The van der Waals surface area contributed by atoms with Crippen molar-refractivity contribution < 1.29 is 57.3 Å². The lowest BCUT2D eigenvalue weighted by molar-refractivity contribution is -0.151. The standard InChI is InChI=1S/C30H32F2N4O10/c1-15(37)33-22-13-17-3-2-4-19(11-17)46-18-7-5-16(6-8-18)12-23(29(43)35-21(14-24(31)32)26(40)30(44)45)36-27(41)20(34-28(22)42)9-10-25(38)39/h2-8,11,20-24H,9-10,12-14H2,1H3,(H,33,37)(H,34,42)(H,35,43)(H,36,41)(H,38,39)(H,44,45)/t20-,21?,22-,23-/m0/s1. The minimum absolute atomic E-state index is 0.0526. The minimum Gasteiger partial charge on any atom is -0.481 e. The normalized spacial score (nSPS) is 19.1. The van der Waals surface area contributed by atoms with Gasteiger partial charge in [-0.25, -0.2) is 13.6 Å². The highest BCUT2D eigenvalue weighted by molar-refractivity contribution is 6.35. The summed E-state index contributed by atoms with van der Waals surface area (Å²) in [4.78, 5) is 86.7. The number of aliphatic carboxylic acids is 2. The van der Waals surface area contributed by atoms with Gasteiger partial charge in [0.1, 0.15) is 35.7 Å². The number of fused-ring (bicyclic) bond motifs is 10. The van der Waals surface area contributed by atoms with E-state index in [-0.39, 0.29) is 12.8 Å². The molecule has 2 heterocycles. The average Bonchev–Trinajstić information content (AvgIpc) is 2.97. The first-order valence-electron chi connectivity index (χ1n) is 14.0. The number of carboxylic acids is 2. The van der Waals surface area contributed by atoms with Crippen LogP contribution < -0.4 is 26.0 Å². The fourth-order valence-electron chi connectivity index (χ4n) is 4.61. The highest BCUT2D eigenvalue weighted by Gasteiger charge is 2.34. The minimum atomic E-state index is -3.16. The van der Waals surface area contributed by atoms with Crippen molar-refractivity contribution in [1.82, 2.24) is 21.3 Å². The number of alkyl halides is 2. The Morgan fingerprint density at radius 1 is 0.935 bits per heavy atom. The van der Waals surface area contributed by atoms with Gasteiger partial charge in [0.2, 0.25) is 30.1 Å². The molecule has 4 bridgehead atoms. The van der Waals surface area contributed by atoms with Gasteiger partial charge in [-0.15, -0.1) is 0 Å². The smallest absolute Gasteiger partial charge is 0.374 e. The topological polar surface area (TPSA) is 217 Å². The third-order valence-corrected chi connectivity index (χ3v) is 6.80. The molecule has 0 radical (unpaired) electrons. The Hall–Kier alpha value is -5.41. The molecule has 16 heteroatoms. The van der Waals surface area contributed by atoms with Crippen molar-refractivity contribution in [3.8, 4) is 11.5 Å². The lowest BCUT2D eigenvalue weighted by Crippen LogP contribution is -2.58. The first-order valence-corrected chi connectivity index (χ1v) is 14.0. The summed E-state index contributed by atoms with van der Waals surface area (Å²) in [5, 5.41) is 27.5. The molecule has 246 valence electrons. The molecule has 0 aromatic heterocycles. The van der Waals surface area contributed by atoms with Crippen molar-refractivity contribution in [1.29, 1.82) is 0 Å². The van der Waals surface area contributed by atoms with E-state index in [0.717, 1.165) is 0 Å². The second kappa shape index (κ2) is 16.1. The Kier molecular flexibility index (Phi) is 12.2. The van der Waals surface area contributed by atoms with Crippen molar-refractivity contribution in [2.45, 2.75) is 69.6 Å². The molecule has 0 saturated carbocycles. The summed E-state index contributed by atoms with van der Waals surface area (Å²) in [6.07, 6.45) is -5.87. The number of hydrogen-bond donors (Lipinski definition) is 6. The molecule has 0 fully saturated rings. The van der Waals surface area contributed by atoms with E-state index in [1.165, 1.54) is 6.92 Å². The summed E-state index contributed by atoms with van der Waals surface area (Å²) >= 11 is 0. The maximum Gasteiger partial charge on any atom is 0.374 e. The van der Waals surface area contributed by atoms with Crippen molar-refractivity contribution in [2.75, 3.05) is 0 Å². The van der Waals surface area contributed by atoms with E-state index in [2.05, 4.69) is 16.0 Å². The number of halogens is 2. The summed E-state index contributed by atoms with van der Waals surface area (Å²) < 4.78 is 32.2. The van der Waals surface area contributed by atoms with E-state index < -0.39 is 91.2 Å². The van der Waals surface area contributed by atoms with Crippen LogP contribution in [0.1, 0.15) is 37.3 Å². The van der Waals surface area contributed by atoms with Crippen LogP contribution in [0.3, 0.4) is 0 Å². The van der Waals surface area contributed by atoms with Crippen LogP contribution in [0.2, 0.25) is 0 Å². The Morgan fingerprint density at radius 2 is 1.63 bits per heavy atom. The molecule has 1 unspecified atom stereocenters. The Balaban J connectivity index is 2.04. The number of carboxylic acid groups (broad SMARTS) is 2. The molecule has 6 N–H and O–H groups in total. The van der Waals surface area contributed by atoms with E-state index in [1.807, 2.05) is 5.32 Å². The van der Waals surface area contributed by atoms with Gasteiger partial charge >= 0.3 is 11.9 Å².